The van der Waals surface area contributed by atoms with Crippen molar-refractivity contribution in [1.29, 1.82) is 0 Å². The Bertz CT molecular complexity index is 1650. The molecule has 1 atom stereocenters. The van der Waals surface area contributed by atoms with E-state index in [1.54, 1.807) is 18.2 Å². The monoisotopic (exact) mass is 576 g/mol. The van der Waals surface area contributed by atoms with E-state index in [4.69, 9.17) is 19.6 Å². The average molecular weight is 577 g/mol. The lowest BCUT2D eigenvalue weighted by atomic mass is 9.89. The average Bonchev–Trinajstić information content (AvgIpc) is 3.43. The third-order valence-electron chi connectivity index (χ3n) is 5.93. The number of rotatable bonds is 11. The van der Waals surface area contributed by atoms with Crippen LogP contribution >= 0.6 is 0 Å². The number of halogens is 3. The molecule has 0 aliphatic carbocycles. The molecular formula is C26H23F3N4O6S. The maximum Gasteiger partial charge on any atom is 0.314 e. The third kappa shape index (κ3) is 5.92. The number of alkyl halides is 2. The molecule has 10 nitrogen and oxygen atoms in total. The SMILES string of the molecule is COc1ccc(CNS(=O)(=O)c2cc(C(C(N)=O)c3ccccc3F)ccc2-c2nnc(C(F)F)o2)c(OC)c1. The van der Waals surface area contributed by atoms with Gasteiger partial charge in [0.05, 0.1) is 30.6 Å². The normalized spacial score (nSPS) is 12.3. The molecular weight excluding hydrogens is 553 g/mol. The Morgan fingerprint density at radius 1 is 1.05 bits per heavy atom. The van der Waals surface area contributed by atoms with E-state index >= 15 is 0 Å². The highest BCUT2D eigenvalue weighted by atomic mass is 32.2. The largest absolute Gasteiger partial charge is 0.497 e. The van der Waals surface area contributed by atoms with Crippen molar-refractivity contribution in [3.8, 4) is 23.0 Å². The Labute approximate surface area is 227 Å². The van der Waals surface area contributed by atoms with Gasteiger partial charge in [0.15, 0.2) is 0 Å². The predicted octanol–water partition coefficient (Wildman–Crippen LogP) is 3.93. The summed E-state index contributed by atoms with van der Waals surface area (Å²) >= 11 is 0. The van der Waals surface area contributed by atoms with Gasteiger partial charge in [-0.1, -0.05) is 30.3 Å². The molecule has 1 aromatic heterocycles. The topological polar surface area (TPSA) is 147 Å². The molecule has 1 unspecified atom stereocenters. The first-order chi connectivity index (χ1) is 19.1. The molecule has 0 aliphatic rings. The highest BCUT2D eigenvalue weighted by molar-refractivity contribution is 7.89. The van der Waals surface area contributed by atoms with Gasteiger partial charge < -0.3 is 19.6 Å². The summed E-state index contributed by atoms with van der Waals surface area (Å²) in [5.41, 5.74) is 5.75. The zero-order valence-corrected chi connectivity index (χ0v) is 21.9. The zero-order valence-electron chi connectivity index (χ0n) is 21.1. The lowest BCUT2D eigenvalue weighted by molar-refractivity contribution is -0.118. The Hall–Kier alpha value is -4.43. The van der Waals surface area contributed by atoms with Crippen LogP contribution in [0.2, 0.25) is 0 Å². The van der Waals surface area contributed by atoms with Crippen molar-refractivity contribution in [1.82, 2.24) is 14.9 Å². The molecule has 14 heteroatoms. The number of hydrogen-bond donors (Lipinski definition) is 2. The quantitative estimate of drug-likeness (QED) is 0.273. The fourth-order valence-corrected chi connectivity index (χ4v) is 5.24. The summed E-state index contributed by atoms with van der Waals surface area (Å²) in [6.45, 7) is -0.252. The second-order valence-electron chi connectivity index (χ2n) is 8.36. The number of methoxy groups -OCH3 is 2. The van der Waals surface area contributed by atoms with Gasteiger partial charge in [-0.15, -0.1) is 10.2 Å². The number of benzene rings is 3. The van der Waals surface area contributed by atoms with Gasteiger partial charge in [0.25, 0.3) is 5.89 Å². The van der Waals surface area contributed by atoms with E-state index in [1.165, 1.54) is 44.6 Å². The van der Waals surface area contributed by atoms with Crippen LogP contribution < -0.4 is 19.9 Å². The van der Waals surface area contributed by atoms with Crippen molar-refractivity contribution in [3.63, 3.8) is 0 Å². The van der Waals surface area contributed by atoms with Crippen LogP contribution in [0.3, 0.4) is 0 Å². The van der Waals surface area contributed by atoms with Gasteiger partial charge in [-0.2, -0.15) is 8.78 Å². The minimum atomic E-state index is -4.46. The zero-order chi connectivity index (χ0) is 29.0. The van der Waals surface area contributed by atoms with Crippen LogP contribution in [-0.4, -0.2) is 38.7 Å². The number of ether oxygens (including phenoxy) is 2. The van der Waals surface area contributed by atoms with Gasteiger partial charge in [-0.3, -0.25) is 4.79 Å². The molecule has 0 saturated carbocycles. The number of primary amides is 1. The highest BCUT2D eigenvalue weighted by Crippen LogP contribution is 2.34. The number of amides is 1. The lowest BCUT2D eigenvalue weighted by Gasteiger charge is -2.18. The molecule has 3 N–H and O–H groups in total. The molecule has 4 rings (SSSR count). The summed E-state index contributed by atoms with van der Waals surface area (Å²) in [6.07, 6.45) is -3.10. The van der Waals surface area contributed by atoms with E-state index in [0.717, 1.165) is 12.1 Å². The Balaban J connectivity index is 1.82. The predicted molar refractivity (Wildman–Crippen MR) is 136 cm³/mol. The first-order valence-corrected chi connectivity index (χ1v) is 13.0. The van der Waals surface area contributed by atoms with Crippen molar-refractivity contribution < 1.29 is 40.3 Å². The van der Waals surface area contributed by atoms with E-state index in [0.29, 0.717) is 17.1 Å². The van der Waals surface area contributed by atoms with Crippen molar-refractivity contribution in [3.05, 3.63) is 89.1 Å². The fraction of sp³-hybridized carbons (Fsp3) is 0.192. The molecule has 1 amide bonds. The first-order valence-electron chi connectivity index (χ1n) is 11.6. The first kappa shape index (κ1) is 28.6. The molecule has 40 heavy (non-hydrogen) atoms. The van der Waals surface area contributed by atoms with E-state index in [2.05, 4.69) is 14.9 Å². The molecule has 210 valence electrons. The van der Waals surface area contributed by atoms with Crippen LogP contribution in [0, 0.1) is 5.82 Å². The van der Waals surface area contributed by atoms with Crippen molar-refractivity contribution in [2.75, 3.05) is 14.2 Å². The lowest BCUT2D eigenvalue weighted by Crippen LogP contribution is -2.26. The summed E-state index contributed by atoms with van der Waals surface area (Å²) in [4.78, 5) is 11.9. The summed E-state index contributed by atoms with van der Waals surface area (Å²) in [7, 11) is -1.60. The third-order valence-corrected chi connectivity index (χ3v) is 7.38. The van der Waals surface area contributed by atoms with Gasteiger partial charge in [0.1, 0.15) is 17.3 Å². The van der Waals surface area contributed by atoms with Crippen LogP contribution in [0.5, 0.6) is 11.5 Å². The maximum absolute atomic E-state index is 14.6. The second kappa shape index (κ2) is 11.8. The molecule has 0 bridgehead atoms. The Morgan fingerprint density at radius 2 is 1.80 bits per heavy atom. The number of hydrogen-bond acceptors (Lipinski definition) is 8. The van der Waals surface area contributed by atoms with Crippen LogP contribution in [0.25, 0.3) is 11.5 Å². The van der Waals surface area contributed by atoms with Crippen LogP contribution in [0.1, 0.15) is 34.9 Å². The molecule has 4 aromatic rings. The minimum Gasteiger partial charge on any atom is -0.497 e. The smallest absolute Gasteiger partial charge is 0.314 e. The number of sulfonamides is 1. The summed E-state index contributed by atoms with van der Waals surface area (Å²) < 4.78 is 85.9. The number of aromatic nitrogens is 2. The Kier molecular flexibility index (Phi) is 8.40. The summed E-state index contributed by atoms with van der Waals surface area (Å²) in [5.74, 6) is -3.76. The standard InChI is InChI=1S/C26H23F3N4O6S/c1-37-16-9-7-15(20(12-16)38-2)13-31-40(35,36)21-11-14(22(24(30)34)17-5-3-4-6-19(17)27)8-10-18(21)25-32-33-26(39-25)23(28)29/h3-12,22-23,31H,13H2,1-2H3,(H2,30,34). The van der Waals surface area contributed by atoms with Crippen LogP contribution in [0.15, 0.2) is 70.0 Å². The molecule has 0 aliphatic heterocycles. The molecule has 1 heterocycles. The highest BCUT2D eigenvalue weighted by Gasteiger charge is 2.29. The number of nitrogens with two attached hydrogens (primary N) is 1. The van der Waals surface area contributed by atoms with E-state index in [-0.39, 0.29) is 23.2 Å². The van der Waals surface area contributed by atoms with Gasteiger partial charge in [-0.05, 0) is 29.8 Å². The maximum atomic E-state index is 14.6. The molecule has 0 radical (unpaired) electrons. The van der Waals surface area contributed by atoms with Crippen molar-refractivity contribution in [2.45, 2.75) is 23.8 Å². The minimum absolute atomic E-state index is 0.0253. The molecule has 0 fully saturated rings. The van der Waals surface area contributed by atoms with Gasteiger partial charge >= 0.3 is 6.43 Å². The van der Waals surface area contributed by atoms with Crippen LogP contribution in [-0.2, 0) is 21.4 Å². The summed E-state index contributed by atoms with van der Waals surface area (Å²) in [5, 5.41) is 6.81. The number of carbonyl (C=O) groups excluding carboxylic acids is 1. The van der Waals surface area contributed by atoms with E-state index in [1.807, 2.05) is 0 Å². The number of nitrogens with one attached hydrogen (secondary N) is 1. The van der Waals surface area contributed by atoms with Crippen molar-refractivity contribution >= 4 is 15.9 Å². The Morgan fingerprint density at radius 3 is 2.42 bits per heavy atom. The molecule has 0 spiro atoms. The summed E-state index contributed by atoms with van der Waals surface area (Å²) in [6, 6.07) is 13.7. The second-order valence-corrected chi connectivity index (χ2v) is 10.1. The van der Waals surface area contributed by atoms with Gasteiger partial charge in [0, 0.05) is 23.7 Å². The molecule has 0 saturated heterocycles. The van der Waals surface area contributed by atoms with Gasteiger partial charge in [-0.25, -0.2) is 17.5 Å². The van der Waals surface area contributed by atoms with Gasteiger partial charge in [0.2, 0.25) is 21.8 Å². The number of carbonyl (C=O) groups is 1. The number of nitrogens with zero attached hydrogens (tertiary/aromatic N) is 2. The van der Waals surface area contributed by atoms with Crippen molar-refractivity contribution in [2.24, 2.45) is 5.73 Å². The van der Waals surface area contributed by atoms with E-state index < -0.39 is 50.8 Å². The van der Waals surface area contributed by atoms with Crippen LogP contribution in [0.4, 0.5) is 13.2 Å². The molecule has 3 aromatic carbocycles. The fourth-order valence-electron chi connectivity index (χ4n) is 4.00. The van der Waals surface area contributed by atoms with E-state index in [9.17, 15) is 26.4 Å².